The van der Waals surface area contributed by atoms with Crippen LogP contribution in [0.25, 0.3) is 0 Å². The maximum Gasteiger partial charge on any atom is 0.231 e. The molecule has 0 aliphatic heterocycles. The molecule has 0 heterocycles. The number of hydrogen-bond acceptors (Lipinski definition) is 6. The molecule has 0 aliphatic rings. The Morgan fingerprint density at radius 3 is 1.93 bits per heavy atom. The topological polar surface area (TPSA) is 104 Å². The van der Waals surface area contributed by atoms with Crippen LogP contribution in [0.4, 0.5) is 0 Å². The third-order valence-electron chi connectivity index (χ3n) is 1.59. The molecule has 0 spiro atoms. The van der Waals surface area contributed by atoms with E-state index in [0.29, 0.717) is 4.86 Å². The highest BCUT2D eigenvalue weighted by Gasteiger charge is 2.29. The molecule has 0 unspecified atom stereocenters. The Labute approximate surface area is 88.0 Å². The van der Waals surface area contributed by atoms with Crippen LogP contribution in [0.2, 0.25) is 0 Å². The third-order valence-corrected chi connectivity index (χ3v) is 1.59. The molecule has 15 heavy (non-hydrogen) atoms. The average molecular weight is 216 g/mol. The lowest BCUT2D eigenvalue weighted by Crippen LogP contribution is -2.36. The largest absolute Gasteiger partial charge is 0.599 e. The molecule has 0 rings (SSSR count). The highest BCUT2D eigenvalue weighted by Crippen LogP contribution is 2.12. The molecule has 7 heteroatoms. The van der Waals surface area contributed by atoms with Crippen molar-refractivity contribution in [1.82, 2.24) is 0 Å². The lowest BCUT2D eigenvalue weighted by molar-refractivity contribution is -0.586. The number of oxime groups is 2. The summed E-state index contributed by atoms with van der Waals surface area (Å²) in [6.07, 6.45) is 2.19. The van der Waals surface area contributed by atoms with E-state index < -0.39 is 11.1 Å². The maximum atomic E-state index is 11.5. The third kappa shape index (κ3) is 4.39. The molecule has 0 fully saturated rings. The van der Waals surface area contributed by atoms with Gasteiger partial charge < -0.3 is 15.6 Å². The number of hydroxylamine groups is 1. The lowest BCUT2D eigenvalue weighted by Gasteiger charge is -2.19. The number of azo groups is 1. The first kappa shape index (κ1) is 13.3. The standard InChI is InChI=1S/C8H16N4O3/c1-7(2,5-9-13)11-12(15)8(3,4)6-10-14/h5-6,13-14H,1-4H3/b9-5-,10-6-,12-11?. The first-order chi connectivity index (χ1) is 6.75. The van der Waals surface area contributed by atoms with Gasteiger partial charge in [0.2, 0.25) is 5.54 Å². The van der Waals surface area contributed by atoms with Crippen molar-refractivity contribution < 1.29 is 15.3 Å². The van der Waals surface area contributed by atoms with Gasteiger partial charge in [-0.3, -0.25) is 0 Å². The predicted molar refractivity (Wildman–Crippen MR) is 54.8 cm³/mol. The molecule has 0 saturated carbocycles. The molecule has 0 saturated heterocycles. The zero-order valence-electron chi connectivity index (χ0n) is 9.25. The van der Waals surface area contributed by atoms with Gasteiger partial charge in [0.15, 0.2) is 5.54 Å². The van der Waals surface area contributed by atoms with E-state index in [9.17, 15) is 5.21 Å². The van der Waals surface area contributed by atoms with Crippen LogP contribution in [-0.2, 0) is 0 Å². The van der Waals surface area contributed by atoms with E-state index in [2.05, 4.69) is 15.4 Å². The Hall–Kier alpha value is -1.66. The molecule has 0 atom stereocenters. The Morgan fingerprint density at radius 2 is 1.53 bits per heavy atom. The maximum absolute atomic E-state index is 11.5. The molecule has 0 aliphatic carbocycles. The second kappa shape index (κ2) is 4.72. The first-order valence-corrected chi connectivity index (χ1v) is 4.32. The molecule has 0 aromatic heterocycles. The summed E-state index contributed by atoms with van der Waals surface area (Å²) in [6.45, 7) is 6.28. The van der Waals surface area contributed by atoms with E-state index in [0.717, 1.165) is 12.4 Å². The minimum absolute atomic E-state index is 0.397. The highest BCUT2D eigenvalue weighted by atomic mass is 16.5. The van der Waals surface area contributed by atoms with Crippen LogP contribution in [0.5, 0.6) is 0 Å². The Bertz CT molecular complexity index is 294. The first-order valence-electron chi connectivity index (χ1n) is 4.32. The summed E-state index contributed by atoms with van der Waals surface area (Å²) in [4.78, 5) is 0.397. The molecule has 0 aromatic carbocycles. The normalized spacial score (nSPS) is 15.3. The van der Waals surface area contributed by atoms with Crippen molar-refractivity contribution in [2.45, 2.75) is 38.8 Å². The molecule has 86 valence electrons. The van der Waals surface area contributed by atoms with Crippen molar-refractivity contribution in [3.05, 3.63) is 5.21 Å². The van der Waals surface area contributed by atoms with Gasteiger partial charge in [-0.2, -0.15) is 0 Å². The summed E-state index contributed by atoms with van der Waals surface area (Å²) in [6, 6.07) is 0. The number of rotatable bonds is 4. The van der Waals surface area contributed by atoms with E-state index in [4.69, 9.17) is 10.4 Å². The summed E-state index contributed by atoms with van der Waals surface area (Å²) in [5, 5.41) is 37.6. The smallest absolute Gasteiger partial charge is 0.231 e. The minimum Gasteiger partial charge on any atom is -0.599 e. The van der Waals surface area contributed by atoms with Crippen LogP contribution >= 0.6 is 0 Å². The van der Waals surface area contributed by atoms with Gasteiger partial charge in [0.1, 0.15) is 6.21 Å². The molecule has 2 N–H and O–H groups in total. The van der Waals surface area contributed by atoms with Crippen LogP contribution < -0.4 is 0 Å². The number of hydrogen-bond donors (Lipinski definition) is 2. The second-order valence-electron chi connectivity index (χ2n) is 4.17. The Balaban J connectivity index is 4.99. The average Bonchev–Trinajstić information content (AvgIpc) is 2.02. The summed E-state index contributed by atoms with van der Waals surface area (Å²) < 4.78 is 0. The Kier molecular flexibility index (Phi) is 4.20. The van der Waals surface area contributed by atoms with Gasteiger partial charge >= 0.3 is 0 Å². The molecule has 7 nitrogen and oxygen atoms in total. The fourth-order valence-electron chi connectivity index (χ4n) is 0.721. The van der Waals surface area contributed by atoms with Gasteiger partial charge in [0.25, 0.3) is 0 Å². The molecule has 0 aromatic rings. The monoisotopic (exact) mass is 216 g/mol. The van der Waals surface area contributed by atoms with E-state index >= 15 is 0 Å². The van der Waals surface area contributed by atoms with Crippen molar-refractivity contribution >= 4 is 12.4 Å². The van der Waals surface area contributed by atoms with Crippen molar-refractivity contribution in [2.75, 3.05) is 0 Å². The van der Waals surface area contributed by atoms with Crippen molar-refractivity contribution in [1.29, 1.82) is 0 Å². The van der Waals surface area contributed by atoms with Gasteiger partial charge in [-0.1, -0.05) is 15.2 Å². The van der Waals surface area contributed by atoms with Gasteiger partial charge in [0, 0.05) is 13.8 Å². The van der Waals surface area contributed by atoms with Crippen LogP contribution in [0, 0.1) is 5.21 Å². The second-order valence-corrected chi connectivity index (χ2v) is 4.17. The van der Waals surface area contributed by atoms with Crippen LogP contribution in [0.1, 0.15) is 27.7 Å². The summed E-state index contributed by atoms with van der Waals surface area (Å²) in [5.41, 5.74) is -1.98. The zero-order valence-corrected chi connectivity index (χ0v) is 9.25. The van der Waals surface area contributed by atoms with E-state index in [1.54, 1.807) is 13.8 Å². The zero-order chi connectivity index (χ0) is 12.1. The highest BCUT2D eigenvalue weighted by molar-refractivity contribution is 5.68. The summed E-state index contributed by atoms with van der Waals surface area (Å²) in [7, 11) is 0. The molecule has 0 bridgehead atoms. The van der Waals surface area contributed by atoms with Gasteiger partial charge in [-0.05, 0) is 19.0 Å². The van der Waals surface area contributed by atoms with E-state index in [1.165, 1.54) is 13.8 Å². The van der Waals surface area contributed by atoms with Gasteiger partial charge in [-0.15, -0.1) is 0 Å². The van der Waals surface area contributed by atoms with E-state index in [1.807, 2.05) is 0 Å². The van der Waals surface area contributed by atoms with Crippen molar-refractivity contribution in [3.63, 3.8) is 0 Å². The van der Waals surface area contributed by atoms with Crippen molar-refractivity contribution in [2.24, 2.45) is 15.4 Å². The van der Waals surface area contributed by atoms with Crippen LogP contribution in [0.3, 0.4) is 0 Å². The summed E-state index contributed by atoms with van der Waals surface area (Å²) in [5.74, 6) is 0. The van der Waals surface area contributed by atoms with Crippen LogP contribution in [-0.4, -0.2) is 38.8 Å². The molecule has 0 radical (unpaired) electrons. The Morgan fingerprint density at radius 1 is 1.07 bits per heavy atom. The SMILES string of the molecule is CC(C)(/C=N\O)N=[N+]([O-])C(C)(C)/C=N\O. The minimum atomic E-state index is -1.06. The van der Waals surface area contributed by atoms with Gasteiger partial charge in [-0.25, -0.2) is 0 Å². The predicted octanol–water partition coefficient (Wildman–Crippen LogP) is 1.43. The van der Waals surface area contributed by atoms with Crippen molar-refractivity contribution in [3.8, 4) is 0 Å². The molecule has 0 amide bonds. The van der Waals surface area contributed by atoms with E-state index in [-0.39, 0.29) is 0 Å². The molecular formula is C8H16N4O3. The van der Waals surface area contributed by atoms with Gasteiger partial charge in [0.05, 0.1) is 6.21 Å². The molecular weight excluding hydrogens is 200 g/mol. The fraction of sp³-hybridized carbons (Fsp3) is 0.750. The quantitative estimate of drug-likeness (QED) is 0.244. The lowest BCUT2D eigenvalue weighted by atomic mass is 10.1. The number of nitrogens with zero attached hydrogens (tertiary/aromatic N) is 4. The summed E-state index contributed by atoms with van der Waals surface area (Å²) >= 11 is 0. The van der Waals surface area contributed by atoms with Crippen LogP contribution in [0.15, 0.2) is 15.4 Å². The fourth-order valence-corrected chi connectivity index (χ4v) is 0.721.